The SMILES string of the molecule is Cc1cc(C)c2nc(N(CCCn3ccnc3)C(=O)c3cccc(S(=O)(=O)C(C)C)c3)sc2c1. The van der Waals surface area contributed by atoms with E-state index in [-0.39, 0.29) is 10.8 Å². The van der Waals surface area contributed by atoms with E-state index in [1.807, 2.05) is 24.6 Å². The van der Waals surface area contributed by atoms with E-state index in [9.17, 15) is 13.2 Å². The Morgan fingerprint density at radius 3 is 2.68 bits per heavy atom. The summed E-state index contributed by atoms with van der Waals surface area (Å²) in [6, 6.07) is 10.5. The standard InChI is InChI=1S/C25H28N4O3S2/c1-17(2)34(31,32)21-8-5-7-20(15-21)24(30)29(11-6-10-28-12-9-26-16-28)25-27-23-19(4)13-18(3)14-22(23)33-25/h5,7-9,12-17H,6,10-11H2,1-4H3. The number of aromatic nitrogens is 3. The molecule has 0 radical (unpaired) electrons. The van der Waals surface area contributed by atoms with Crippen LogP contribution in [0.15, 0.2) is 60.0 Å². The second kappa shape index (κ2) is 9.68. The molecule has 0 fully saturated rings. The molecule has 2 aromatic heterocycles. The Bertz CT molecular complexity index is 1420. The highest BCUT2D eigenvalue weighted by Gasteiger charge is 2.25. The van der Waals surface area contributed by atoms with Gasteiger partial charge in [-0.15, -0.1) is 0 Å². The minimum Gasteiger partial charge on any atom is -0.337 e. The Balaban J connectivity index is 1.71. The molecule has 0 bridgehead atoms. The maximum atomic E-state index is 13.7. The zero-order valence-corrected chi connectivity index (χ0v) is 21.4. The van der Waals surface area contributed by atoms with Gasteiger partial charge in [0.25, 0.3) is 5.91 Å². The van der Waals surface area contributed by atoms with Gasteiger partial charge in [0.2, 0.25) is 0 Å². The summed E-state index contributed by atoms with van der Waals surface area (Å²) in [6.45, 7) is 8.48. The molecule has 0 aliphatic heterocycles. The summed E-state index contributed by atoms with van der Waals surface area (Å²) < 4.78 is 28.4. The summed E-state index contributed by atoms with van der Waals surface area (Å²) in [5.41, 5.74) is 3.42. The molecule has 0 atom stereocenters. The molecule has 9 heteroatoms. The van der Waals surface area contributed by atoms with Crippen LogP contribution in [0.25, 0.3) is 10.2 Å². The zero-order valence-electron chi connectivity index (χ0n) is 19.7. The van der Waals surface area contributed by atoms with Crippen molar-refractivity contribution in [1.82, 2.24) is 14.5 Å². The number of aryl methyl sites for hydroxylation is 3. The number of thiazole rings is 1. The third-order valence-electron chi connectivity index (χ3n) is 5.68. The molecule has 0 saturated heterocycles. The molecular weight excluding hydrogens is 468 g/mol. The fraction of sp³-hybridized carbons (Fsp3) is 0.320. The Kier molecular flexibility index (Phi) is 6.86. The third-order valence-corrected chi connectivity index (χ3v) is 8.86. The van der Waals surface area contributed by atoms with Gasteiger partial charge in [-0.2, -0.15) is 0 Å². The van der Waals surface area contributed by atoms with E-state index < -0.39 is 15.1 Å². The molecule has 2 heterocycles. The van der Waals surface area contributed by atoms with Gasteiger partial charge in [-0.3, -0.25) is 9.69 Å². The van der Waals surface area contributed by atoms with Crippen LogP contribution in [0.2, 0.25) is 0 Å². The minimum absolute atomic E-state index is 0.155. The summed E-state index contributed by atoms with van der Waals surface area (Å²) in [5.74, 6) is -0.264. The van der Waals surface area contributed by atoms with Crippen molar-refractivity contribution in [2.45, 2.75) is 50.8 Å². The second-order valence-electron chi connectivity index (χ2n) is 8.66. The van der Waals surface area contributed by atoms with Crippen molar-refractivity contribution >= 4 is 42.4 Å². The molecule has 0 spiro atoms. The van der Waals surface area contributed by atoms with Crippen LogP contribution < -0.4 is 4.90 Å². The number of imidazole rings is 1. The van der Waals surface area contributed by atoms with Gasteiger partial charge in [-0.05, 0) is 69.5 Å². The molecule has 34 heavy (non-hydrogen) atoms. The lowest BCUT2D eigenvalue weighted by molar-refractivity contribution is 0.0986. The number of anilines is 1. The lowest BCUT2D eigenvalue weighted by Gasteiger charge is -2.20. The van der Waals surface area contributed by atoms with E-state index in [2.05, 4.69) is 17.1 Å². The van der Waals surface area contributed by atoms with E-state index in [0.29, 0.717) is 30.2 Å². The highest BCUT2D eigenvalue weighted by molar-refractivity contribution is 7.92. The van der Waals surface area contributed by atoms with E-state index in [4.69, 9.17) is 4.98 Å². The number of amides is 1. The van der Waals surface area contributed by atoms with Gasteiger partial charge in [0, 0.05) is 31.0 Å². The van der Waals surface area contributed by atoms with Crippen molar-refractivity contribution in [1.29, 1.82) is 0 Å². The van der Waals surface area contributed by atoms with Crippen molar-refractivity contribution in [3.05, 3.63) is 71.8 Å². The Morgan fingerprint density at radius 1 is 1.18 bits per heavy atom. The van der Waals surface area contributed by atoms with E-state index in [0.717, 1.165) is 21.3 Å². The number of nitrogens with zero attached hydrogens (tertiary/aromatic N) is 4. The van der Waals surface area contributed by atoms with Crippen LogP contribution in [-0.4, -0.2) is 40.7 Å². The fourth-order valence-electron chi connectivity index (χ4n) is 3.82. The van der Waals surface area contributed by atoms with Crippen molar-refractivity contribution in [3.63, 3.8) is 0 Å². The van der Waals surface area contributed by atoms with Crippen LogP contribution in [0, 0.1) is 13.8 Å². The van der Waals surface area contributed by atoms with Crippen LogP contribution in [0.5, 0.6) is 0 Å². The van der Waals surface area contributed by atoms with Gasteiger partial charge in [-0.1, -0.05) is 23.5 Å². The van der Waals surface area contributed by atoms with Crippen LogP contribution in [0.1, 0.15) is 41.8 Å². The molecule has 0 aliphatic carbocycles. The fourth-order valence-corrected chi connectivity index (χ4v) is 6.09. The number of hydrogen-bond acceptors (Lipinski definition) is 6. The van der Waals surface area contributed by atoms with Gasteiger partial charge < -0.3 is 4.57 Å². The van der Waals surface area contributed by atoms with E-state index in [1.165, 1.54) is 17.4 Å². The normalized spacial score (nSPS) is 11.9. The Hall–Kier alpha value is -3.04. The second-order valence-corrected chi connectivity index (χ2v) is 12.2. The first-order chi connectivity index (χ1) is 16.2. The largest absolute Gasteiger partial charge is 0.337 e. The monoisotopic (exact) mass is 496 g/mol. The number of carbonyl (C=O) groups excluding carboxylic acids is 1. The van der Waals surface area contributed by atoms with E-state index >= 15 is 0 Å². The first kappa shape index (κ1) is 24.1. The summed E-state index contributed by atoms with van der Waals surface area (Å²) in [7, 11) is -3.49. The van der Waals surface area contributed by atoms with Crippen molar-refractivity contribution in [2.75, 3.05) is 11.4 Å². The minimum atomic E-state index is -3.49. The Morgan fingerprint density at radius 2 is 1.97 bits per heavy atom. The molecule has 178 valence electrons. The van der Waals surface area contributed by atoms with Crippen LogP contribution in [0.4, 0.5) is 5.13 Å². The molecule has 0 N–H and O–H groups in total. The highest BCUT2D eigenvalue weighted by atomic mass is 32.2. The topological polar surface area (TPSA) is 85.2 Å². The van der Waals surface area contributed by atoms with Crippen LogP contribution in [0.3, 0.4) is 0 Å². The molecule has 0 unspecified atom stereocenters. The number of fused-ring (bicyclic) bond motifs is 1. The molecule has 0 aliphatic rings. The Labute approximate surface area is 204 Å². The molecular formula is C25H28N4O3S2. The van der Waals surface area contributed by atoms with Crippen LogP contribution >= 0.6 is 11.3 Å². The maximum Gasteiger partial charge on any atom is 0.260 e. The molecule has 7 nitrogen and oxygen atoms in total. The predicted molar refractivity (Wildman–Crippen MR) is 136 cm³/mol. The molecule has 0 saturated carbocycles. The van der Waals surface area contributed by atoms with Crippen molar-refractivity contribution < 1.29 is 13.2 Å². The van der Waals surface area contributed by atoms with Gasteiger partial charge in [-0.25, -0.2) is 18.4 Å². The zero-order chi connectivity index (χ0) is 24.5. The molecule has 4 rings (SSSR count). The van der Waals surface area contributed by atoms with Gasteiger partial charge >= 0.3 is 0 Å². The van der Waals surface area contributed by atoms with Crippen LogP contribution in [-0.2, 0) is 16.4 Å². The lowest BCUT2D eigenvalue weighted by Crippen LogP contribution is -2.32. The van der Waals surface area contributed by atoms with Gasteiger partial charge in [0.15, 0.2) is 15.0 Å². The summed E-state index contributed by atoms with van der Waals surface area (Å²) in [6.07, 6.45) is 6.05. The number of benzene rings is 2. The van der Waals surface area contributed by atoms with Crippen molar-refractivity contribution in [3.8, 4) is 0 Å². The first-order valence-corrected chi connectivity index (χ1v) is 13.5. The average Bonchev–Trinajstić information content (AvgIpc) is 3.46. The maximum absolute atomic E-state index is 13.7. The van der Waals surface area contributed by atoms with E-state index in [1.54, 1.807) is 49.5 Å². The predicted octanol–water partition coefficient (Wildman–Crippen LogP) is 5.03. The number of sulfone groups is 1. The number of hydrogen-bond donors (Lipinski definition) is 0. The summed E-state index contributed by atoms with van der Waals surface area (Å²) in [4.78, 5) is 24.4. The number of rotatable bonds is 8. The molecule has 1 amide bonds. The number of carbonyl (C=O) groups is 1. The first-order valence-electron chi connectivity index (χ1n) is 11.2. The quantitative estimate of drug-likeness (QED) is 0.342. The van der Waals surface area contributed by atoms with Gasteiger partial charge in [0.05, 0.1) is 26.7 Å². The smallest absolute Gasteiger partial charge is 0.260 e. The summed E-state index contributed by atoms with van der Waals surface area (Å²) >= 11 is 1.48. The average molecular weight is 497 g/mol. The highest BCUT2D eigenvalue weighted by Crippen LogP contribution is 2.33. The molecule has 2 aromatic carbocycles. The summed E-state index contributed by atoms with van der Waals surface area (Å²) in [5, 5.41) is 0.0380. The molecule has 4 aromatic rings. The third kappa shape index (κ3) is 4.90. The lowest BCUT2D eigenvalue weighted by atomic mass is 10.1. The van der Waals surface area contributed by atoms with Crippen molar-refractivity contribution in [2.24, 2.45) is 0 Å². The van der Waals surface area contributed by atoms with Gasteiger partial charge in [0.1, 0.15) is 0 Å².